The van der Waals surface area contributed by atoms with E-state index in [1.807, 2.05) is 32.0 Å². The van der Waals surface area contributed by atoms with Gasteiger partial charge in [-0.2, -0.15) is 0 Å². The average Bonchev–Trinajstić information content (AvgIpc) is 2.94. The number of ether oxygens (including phenoxy) is 3. The Labute approximate surface area is 147 Å². The maximum absolute atomic E-state index is 12.0. The lowest BCUT2D eigenvalue weighted by molar-refractivity contribution is -0.159. The van der Waals surface area contributed by atoms with Gasteiger partial charge in [-0.3, -0.25) is 20.0 Å². The molecule has 25 heavy (non-hydrogen) atoms. The number of β-lactam (4-membered cyclic amide) rings is 1. The van der Waals surface area contributed by atoms with Crippen LogP contribution in [0.25, 0.3) is 0 Å². The molecule has 2 atom stereocenters. The maximum atomic E-state index is 12.0. The summed E-state index contributed by atoms with van der Waals surface area (Å²) < 4.78 is 16.7. The van der Waals surface area contributed by atoms with Gasteiger partial charge in [-0.25, -0.2) is 0 Å². The van der Waals surface area contributed by atoms with Crippen LogP contribution in [0.3, 0.4) is 0 Å². The molecule has 7 nitrogen and oxygen atoms in total. The van der Waals surface area contributed by atoms with Gasteiger partial charge in [-0.15, -0.1) is 0 Å². The van der Waals surface area contributed by atoms with Crippen LogP contribution in [0.15, 0.2) is 30.3 Å². The van der Waals surface area contributed by atoms with E-state index < -0.39 is 5.79 Å². The largest absolute Gasteiger partial charge is 0.484 e. The Morgan fingerprint density at radius 1 is 1.32 bits per heavy atom. The third-order valence-corrected chi connectivity index (χ3v) is 4.29. The van der Waals surface area contributed by atoms with Crippen molar-refractivity contribution in [2.24, 2.45) is 0 Å². The predicted molar refractivity (Wildman–Crippen MR) is 89.5 cm³/mol. The van der Waals surface area contributed by atoms with E-state index in [0.717, 1.165) is 12.8 Å². The molecular formula is C18H24N2O5. The first kappa shape index (κ1) is 17.7. The molecule has 2 fully saturated rings. The molecule has 0 spiro atoms. The third-order valence-electron chi connectivity index (χ3n) is 4.29. The molecule has 1 aromatic rings. The number of hydrogen-bond donors (Lipinski definition) is 1. The van der Waals surface area contributed by atoms with Gasteiger partial charge in [0.25, 0.3) is 5.91 Å². The molecule has 2 aliphatic rings. The quantitative estimate of drug-likeness (QED) is 0.758. The zero-order valence-electron chi connectivity index (χ0n) is 14.6. The summed E-state index contributed by atoms with van der Waals surface area (Å²) in [6.45, 7) is 4.21. The minimum atomic E-state index is -0.539. The Bertz CT molecular complexity index is 619. The molecule has 0 radical (unpaired) electrons. The molecule has 136 valence electrons. The summed E-state index contributed by atoms with van der Waals surface area (Å²) in [5.74, 6) is -0.349. The minimum Gasteiger partial charge on any atom is -0.484 e. The third kappa shape index (κ3) is 4.70. The molecule has 1 aromatic carbocycles. The molecule has 2 saturated heterocycles. The van der Waals surface area contributed by atoms with Gasteiger partial charge in [0, 0.05) is 0 Å². The van der Waals surface area contributed by atoms with Crippen LogP contribution in [-0.4, -0.2) is 48.0 Å². The predicted octanol–water partition coefficient (Wildman–Crippen LogP) is 1.63. The van der Waals surface area contributed by atoms with Crippen molar-refractivity contribution < 1.29 is 23.8 Å². The average molecular weight is 348 g/mol. The van der Waals surface area contributed by atoms with E-state index >= 15 is 0 Å². The molecule has 2 amide bonds. The van der Waals surface area contributed by atoms with Crippen LogP contribution < -0.4 is 10.2 Å². The van der Waals surface area contributed by atoms with Gasteiger partial charge >= 0.3 is 0 Å². The van der Waals surface area contributed by atoms with E-state index in [1.54, 1.807) is 12.1 Å². The molecule has 2 heterocycles. The molecule has 1 unspecified atom stereocenters. The first-order valence-corrected chi connectivity index (χ1v) is 8.54. The highest BCUT2D eigenvalue weighted by molar-refractivity contribution is 5.87. The second kappa shape index (κ2) is 7.41. The Kier molecular flexibility index (Phi) is 5.24. The number of carbonyl (C=O) groups is 2. The lowest BCUT2D eigenvalue weighted by atomic mass is 9.98. The minimum absolute atomic E-state index is 0.000451. The van der Waals surface area contributed by atoms with Crippen molar-refractivity contribution in [3.05, 3.63) is 30.3 Å². The van der Waals surface area contributed by atoms with Crippen LogP contribution in [0.4, 0.5) is 0 Å². The fourth-order valence-corrected chi connectivity index (χ4v) is 2.98. The van der Waals surface area contributed by atoms with Crippen LogP contribution in [-0.2, 0) is 19.1 Å². The van der Waals surface area contributed by atoms with Gasteiger partial charge in [0.2, 0.25) is 5.91 Å². The van der Waals surface area contributed by atoms with E-state index in [-0.39, 0.29) is 30.6 Å². The lowest BCUT2D eigenvalue weighted by Crippen LogP contribution is -2.61. The summed E-state index contributed by atoms with van der Waals surface area (Å²) in [5.41, 5.74) is 2.63. The topological polar surface area (TPSA) is 77.1 Å². The second-order valence-electron chi connectivity index (χ2n) is 6.79. The van der Waals surface area contributed by atoms with Crippen molar-refractivity contribution in [1.29, 1.82) is 0 Å². The number of hydrogen-bond acceptors (Lipinski definition) is 5. The van der Waals surface area contributed by atoms with Gasteiger partial charge in [-0.05, 0) is 38.8 Å². The number of benzene rings is 1. The van der Waals surface area contributed by atoms with E-state index in [4.69, 9.17) is 14.2 Å². The van der Waals surface area contributed by atoms with Crippen molar-refractivity contribution in [2.45, 2.75) is 51.0 Å². The summed E-state index contributed by atoms with van der Waals surface area (Å²) in [6, 6.07) is 9.08. The smallest absolute Gasteiger partial charge is 0.276 e. The molecule has 0 saturated carbocycles. The van der Waals surface area contributed by atoms with Crippen molar-refractivity contribution in [1.82, 2.24) is 10.4 Å². The monoisotopic (exact) mass is 348 g/mol. The van der Waals surface area contributed by atoms with Crippen molar-refractivity contribution in [3.8, 4) is 5.75 Å². The fraction of sp³-hybridized carbons (Fsp3) is 0.556. The van der Waals surface area contributed by atoms with Crippen LogP contribution in [0, 0.1) is 0 Å². The molecule has 0 aromatic heterocycles. The standard InChI is InChI=1S/C18H24N2O5/c1-18(2)24-11-15(25-18)9-8-13-10-17(22)20(13)19-16(21)12-23-14-6-4-3-5-7-14/h3-7,13,15H,8-12H2,1-2H3,(H,19,21)/t13-,15?/m1/s1. The summed E-state index contributed by atoms with van der Waals surface area (Å²) in [4.78, 5) is 23.7. The summed E-state index contributed by atoms with van der Waals surface area (Å²) in [5, 5.41) is 1.40. The van der Waals surface area contributed by atoms with Gasteiger partial charge in [0.1, 0.15) is 5.75 Å². The van der Waals surface area contributed by atoms with Crippen molar-refractivity contribution in [2.75, 3.05) is 13.2 Å². The zero-order valence-corrected chi connectivity index (χ0v) is 14.6. The first-order chi connectivity index (χ1) is 11.9. The Hall–Kier alpha value is -2.12. The highest BCUT2D eigenvalue weighted by Gasteiger charge is 2.39. The summed E-state index contributed by atoms with van der Waals surface area (Å²) in [6.07, 6.45) is 2.02. The zero-order chi connectivity index (χ0) is 17.9. The first-order valence-electron chi connectivity index (χ1n) is 8.54. The number of amides is 2. The van der Waals surface area contributed by atoms with Gasteiger partial charge in [-0.1, -0.05) is 18.2 Å². The van der Waals surface area contributed by atoms with E-state index in [0.29, 0.717) is 18.8 Å². The highest BCUT2D eigenvalue weighted by atomic mass is 16.7. The normalized spacial score (nSPS) is 24.7. The molecule has 7 heteroatoms. The molecule has 1 N–H and O–H groups in total. The maximum Gasteiger partial charge on any atom is 0.276 e. The number of para-hydroxylation sites is 1. The second-order valence-corrected chi connectivity index (χ2v) is 6.79. The van der Waals surface area contributed by atoms with E-state index in [1.165, 1.54) is 5.01 Å². The summed E-state index contributed by atoms with van der Waals surface area (Å²) in [7, 11) is 0. The van der Waals surface area contributed by atoms with Crippen LogP contribution in [0.5, 0.6) is 5.75 Å². The van der Waals surface area contributed by atoms with Crippen molar-refractivity contribution in [3.63, 3.8) is 0 Å². The molecule has 0 aliphatic carbocycles. The Balaban J connectivity index is 1.40. The fourth-order valence-electron chi connectivity index (χ4n) is 2.98. The molecule has 0 bridgehead atoms. The number of nitrogens with one attached hydrogen (secondary N) is 1. The van der Waals surface area contributed by atoms with Gasteiger partial charge in [0.15, 0.2) is 12.4 Å². The molecule has 2 aliphatic heterocycles. The van der Waals surface area contributed by atoms with Crippen LogP contribution >= 0.6 is 0 Å². The van der Waals surface area contributed by atoms with E-state index in [2.05, 4.69) is 5.43 Å². The number of rotatable bonds is 7. The van der Waals surface area contributed by atoms with Gasteiger partial charge in [0.05, 0.1) is 25.2 Å². The van der Waals surface area contributed by atoms with Crippen LogP contribution in [0.1, 0.15) is 33.1 Å². The highest BCUT2D eigenvalue weighted by Crippen LogP contribution is 2.28. The number of hydrazine groups is 1. The number of carbonyl (C=O) groups excluding carboxylic acids is 2. The van der Waals surface area contributed by atoms with E-state index in [9.17, 15) is 9.59 Å². The molecular weight excluding hydrogens is 324 g/mol. The van der Waals surface area contributed by atoms with Gasteiger partial charge < -0.3 is 14.2 Å². The molecule has 3 rings (SSSR count). The lowest BCUT2D eigenvalue weighted by Gasteiger charge is -2.40. The number of nitrogens with zero attached hydrogens (tertiary/aromatic N) is 1. The SMILES string of the molecule is CC1(C)OCC(CC[C@@H]2CC(=O)N2NC(=O)COc2ccccc2)O1. The van der Waals surface area contributed by atoms with Crippen molar-refractivity contribution >= 4 is 11.8 Å². The Morgan fingerprint density at radius 3 is 2.72 bits per heavy atom. The Morgan fingerprint density at radius 2 is 2.08 bits per heavy atom. The summed E-state index contributed by atoms with van der Waals surface area (Å²) >= 11 is 0. The van der Waals surface area contributed by atoms with Crippen LogP contribution in [0.2, 0.25) is 0 Å².